The third-order valence-electron chi connectivity index (χ3n) is 3.45. The Bertz CT molecular complexity index is 397. The Hall–Kier alpha value is -0.660. The van der Waals surface area contributed by atoms with Gasteiger partial charge in [0.25, 0.3) is 0 Å². The standard InChI is InChI=1S/C12H24N2O4S/c1-3-14(10-6-8-19(16,17)9-10)12(15)11(13)5-4-7-18-2/h10-11H,3-9,13H2,1-2H3. The normalized spacial score (nSPS) is 23.2. The molecule has 1 heterocycles. The molecule has 0 saturated carbocycles. The van der Waals surface area contributed by atoms with Crippen LogP contribution in [0.25, 0.3) is 0 Å². The minimum absolute atomic E-state index is 0.0668. The van der Waals surface area contributed by atoms with Gasteiger partial charge in [-0.15, -0.1) is 0 Å². The molecule has 1 fully saturated rings. The minimum Gasteiger partial charge on any atom is -0.385 e. The van der Waals surface area contributed by atoms with Gasteiger partial charge in [-0.05, 0) is 26.2 Å². The topological polar surface area (TPSA) is 89.7 Å². The fraction of sp³-hybridized carbons (Fsp3) is 0.917. The van der Waals surface area contributed by atoms with Crippen molar-refractivity contribution < 1.29 is 17.9 Å². The van der Waals surface area contributed by atoms with E-state index in [-0.39, 0.29) is 23.5 Å². The van der Waals surface area contributed by atoms with Crippen molar-refractivity contribution >= 4 is 15.7 Å². The van der Waals surface area contributed by atoms with Gasteiger partial charge in [0.05, 0.1) is 17.5 Å². The van der Waals surface area contributed by atoms with Gasteiger partial charge in [0.1, 0.15) is 0 Å². The smallest absolute Gasteiger partial charge is 0.239 e. The molecule has 1 aliphatic heterocycles. The average Bonchev–Trinajstić information content (AvgIpc) is 2.70. The molecule has 19 heavy (non-hydrogen) atoms. The SMILES string of the molecule is CCN(C(=O)C(N)CCCOC)C1CCS(=O)(=O)C1. The highest BCUT2D eigenvalue weighted by Gasteiger charge is 2.35. The number of nitrogens with zero attached hydrogens (tertiary/aromatic N) is 1. The molecular formula is C12H24N2O4S. The van der Waals surface area contributed by atoms with Gasteiger partial charge in [0, 0.05) is 26.3 Å². The van der Waals surface area contributed by atoms with Crippen molar-refractivity contribution in [2.45, 2.75) is 38.3 Å². The number of carbonyl (C=O) groups excluding carboxylic acids is 1. The van der Waals surface area contributed by atoms with E-state index >= 15 is 0 Å². The Morgan fingerprint density at radius 3 is 2.68 bits per heavy atom. The summed E-state index contributed by atoms with van der Waals surface area (Å²) in [6.45, 7) is 2.92. The second-order valence-electron chi connectivity index (χ2n) is 4.92. The largest absolute Gasteiger partial charge is 0.385 e. The van der Waals surface area contributed by atoms with E-state index in [0.717, 1.165) is 6.42 Å². The van der Waals surface area contributed by atoms with E-state index in [1.54, 1.807) is 12.0 Å². The van der Waals surface area contributed by atoms with Crippen molar-refractivity contribution in [2.24, 2.45) is 5.73 Å². The lowest BCUT2D eigenvalue weighted by Crippen LogP contribution is -2.49. The fourth-order valence-corrected chi connectivity index (χ4v) is 4.13. The number of hydrogen-bond donors (Lipinski definition) is 1. The first kappa shape index (κ1) is 16.4. The van der Waals surface area contributed by atoms with Crippen molar-refractivity contribution in [2.75, 3.05) is 31.8 Å². The molecule has 6 nitrogen and oxygen atoms in total. The molecule has 0 aromatic carbocycles. The summed E-state index contributed by atoms with van der Waals surface area (Å²) in [7, 11) is -1.38. The fourth-order valence-electron chi connectivity index (χ4n) is 2.40. The average molecular weight is 292 g/mol. The Morgan fingerprint density at radius 2 is 2.21 bits per heavy atom. The summed E-state index contributed by atoms with van der Waals surface area (Å²) in [4.78, 5) is 13.8. The molecule has 0 aromatic heterocycles. The predicted molar refractivity (Wildman–Crippen MR) is 73.5 cm³/mol. The summed E-state index contributed by atoms with van der Waals surface area (Å²) < 4.78 is 27.9. The molecule has 1 aliphatic rings. The van der Waals surface area contributed by atoms with Crippen LogP contribution in [0.4, 0.5) is 0 Å². The van der Waals surface area contributed by atoms with E-state index in [2.05, 4.69) is 0 Å². The maximum Gasteiger partial charge on any atom is 0.239 e. The third-order valence-corrected chi connectivity index (χ3v) is 5.20. The Labute approximate surface area is 115 Å². The van der Waals surface area contributed by atoms with E-state index in [0.29, 0.717) is 26.0 Å². The van der Waals surface area contributed by atoms with Gasteiger partial charge in [-0.1, -0.05) is 0 Å². The number of sulfone groups is 1. The highest BCUT2D eigenvalue weighted by Crippen LogP contribution is 2.18. The highest BCUT2D eigenvalue weighted by atomic mass is 32.2. The molecule has 0 bridgehead atoms. The van der Waals surface area contributed by atoms with E-state index in [4.69, 9.17) is 10.5 Å². The number of nitrogens with two attached hydrogens (primary N) is 1. The second kappa shape index (κ2) is 7.21. The number of likely N-dealkylation sites (N-methyl/N-ethyl adjacent to an activating group) is 1. The summed E-state index contributed by atoms with van der Waals surface area (Å²) in [5.41, 5.74) is 5.87. The van der Waals surface area contributed by atoms with Crippen molar-refractivity contribution in [3.8, 4) is 0 Å². The first-order chi connectivity index (χ1) is 8.91. The lowest BCUT2D eigenvalue weighted by molar-refractivity contribution is -0.134. The minimum atomic E-state index is -2.99. The van der Waals surface area contributed by atoms with Crippen LogP contribution in [0.1, 0.15) is 26.2 Å². The zero-order chi connectivity index (χ0) is 14.5. The molecule has 1 rings (SSSR count). The second-order valence-corrected chi connectivity index (χ2v) is 7.15. The quantitative estimate of drug-likeness (QED) is 0.655. The molecular weight excluding hydrogens is 268 g/mol. The molecule has 7 heteroatoms. The summed E-state index contributed by atoms with van der Waals surface area (Å²) in [6.07, 6.45) is 1.80. The van der Waals surface area contributed by atoms with Crippen LogP contribution in [-0.2, 0) is 19.4 Å². The number of methoxy groups -OCH3 is 1. The summed E-state index contributed by atoms with van der Waals surface area (Å²) in [6, 6.07) is -0.783. The monoisotopic (exact) mass is 292 g/mol. The van der Waals surface area contributed by atoms with Gasteiger partial charge in [0.15, 0.2) is 9.84 Å². The maximum absolute atomic E-state index is 12.2. The highest BCUT2D eigenvalue weighted by molar-refractivity contribution is 7.91. The van der Waals surface area contributed by atoms with Gasteiger partial charge in [-0.3, -0.25) is 4.79 Å². The first-order valence-electron chi connectivity index (χ1n) is 6.66. The van der Waals surface area contributed by atoms with Crippen molar-refractivity contribution in [1.29, 1.82) is 0 Å². The predicted octanol–water partition coefficient (Wildman–Crippen LogP) is -0.224. The Balaban J connectivity index is 2.57. The van der Waals surface area contributed by atoms with E-state index in [1.165, 1.54) is 0 Å². The number of rotatable bonds is 7. The third kappa shape index (κ3) is 4.74. The molecule has 0 aromatic rings. The zero-order valence-electron chi connectivity index (χ0n) is 11.7. The van der Waals surface area contributed by atoms with Crippen molar-refractivity contribution in [3.05, 3.63) is 0 Å². The molecule has 2 N–H and O–H groups in total. The van der Waals surface area contributed by atoms with Crippen LogP contribution in [-0.4, -0.2) is 63.1 Å². The van der Waals surface area contributed by atoms with Crippen LogP contribution in [0.3, 0.4) is 0 Å². The van der Waals surface area contributed by atoms with Crippen LogP contribution in [0.2, 0.25) is 0 Å². The van der Waals surface area contributed by atoms with Crippen LogP contribution >= 0.6 is 0 Å². The van der Waals surface area contributed by atoms with Crippen LogP contribution < -0.4 is 5.73 Å². The van der Waals surface area contributed by atoms with Crippen LogP contribution in [0.15, 0.2) is 0 Å². The molecule has 0 aliphatic carbocycles. The maximum atomic E-state index is 12.2. The van der Waals surface area contributed by atoms with Gasteiger partial charge in [0.2, 0.25) is 5.91 Å². The molecule has 1 saturated heterocycles. The van der Waals surface area contributed by atoms with Crippen LogP contribution in [0.5, 0.6) is 0 Å². The van der Waals surface area contributed by atoms with Crippen LogP contribution in [0, 0.1) is 0 Å². The number of ether oxygens (including phenoxy) is 1. The molecule has 2 atom stereocenters. The van der Waals surface area contributed by atoms with Gasteiger partial charge >= 0.3 is 0 Å². The van der Waals surface area contributed by atoms with Crippen molar-refractivity contribution in [3.63, 3.8) is 0 Å². The molecule has 112 valence electrons. The molecule has 1 amide bonds. The van der Waals surface area contributed by atoms with Gasteiger partial charge < -0.3 is 15.4 Å². The summed E-state index contributed by atoms with van der Waals surface area (Å²) in [5, 5.41) is 0. The van der Waals surface area contributed by atoms with Crippen molar-refractivity contribution in [1.82, 2.24) is 4.90 Å². The van der Waals surface area contributed by atoms with E-state index < -0.39 is 15.9 Å². The zero-order valence-corrected chi connectivity index (χ0v) is 12.5. The number of amides is 1. The van der Waals surface area contributed by atoms with Gasteiger partial charge in [-0.2, -0.15) is 0 Å². The summed E-state index contributed by atoms with van der Waals surface area (Å²) in [5.74, 6) is 0.0817. The summed E-state index contributed by atoms with van der Waals surface area (Å²) >= 11 is 0. The lowest BCUT2D eigenvalue weighted by Gasteiger charge is -2.29. The molecule has 2 unspecified atom stereocenters. The number of hydrogen-bond acceptors (Lipinski definition) is 5. The molecule has 0 radical (unpaired) electrons. The Kier molecular flexibility index (Phi) is 6.22. The number of carbonyl (C=O) groups is 1. The van der Waals surface area contributed by atoms with E-state index in [1.807, 2.05) is 6.92 Å². The van der Waals surface area contributed by atoms with E-state index in [9.17, 15) is 13.2 Å². The Morgan fingerprint density at radius 1 is 1.53 bits per heavy atom. The molecule has 0 spiro atoms. The lowest BCUT2D eigenvalue weighted by atomic mass is 10.1. The first-order valence-corrected chi connectivity index (χ1v) is 8.48. The van der Waals surface area contributed by atoms with Gasteiger partial charge in [-0.25, -0.2) is 8.42 Å².